The number of carboxylic acids is 1. The fourth-order valence-corrected chi connectivity index (χ4v) is 8.28. The van der Waals surface area contributed by atoms with E-state index in [-0.39, 0.29) is 38.4 Å². The molecule has 7 aromatic carbocycles. The number of aryl methyl sites for hydroxylation is 4. The Labute approximate surface area is 394 Å². The van der Waals surface area contributed by atoms with Crippen molar-refractivity contribution >= 4 is 101 Å². The van der Waals surface area contributed by atoms with Gasteiger partial charge in [0.2, 0.25) is 0 Å². The SMILES string of the molecule is Cc1cc(N=Nc2c(SOOO)cc3c(S(=O)(=O)O)c(N=Nc4ccc(N)cc4)ccc3c2O)c(C)cc1N=Nc1cc(C)c(N=Nc2ccc3nn(-c4ccc(O)c(C(=O)O)c4)nc3c2)c(C)c1. The number of anilines is 1. The summed E-state index contributed by atoms with van der Waals surface area (Å²) in [6.07, 6.45) is 0. The van der Waals surface area contributed by atoms with Crippen molar-refractivity contribution < 1.29 is 47.7 Å². The Morgan fingerprint density at radius 3 is 1.91 bits per heavy atom. The summed E-state index contributed by atoms with van der Waals surface area (Å²) in [5, 5.41) is 86.7. The average Bonchev–Trinajstić information content (AvgIpc) is 3.73. The molecule has 8 aromatic rings. The molecule has 7 N–H and O–H groups in total. The summed E-state index contributed by atoms with van der Waals surface area (Å²) >= 11 is 0.378. The molecule has 69 heavy (non-hydrogen) atoms. The first-order valence-electron chi connectivity index (χ1n) is 20.1. The molecule has 1 heterocycles. The second kappa shape index (κ2) is 19.4. The van der Waals surface area contributed by atoms with E-state index in [4.69, 9.17) is 11.0 Å². The third-order valence-corrected chi connectivity index (χ3v) is 11.9. The number of aromatic hydroxyl groups is 2. The number of nitrogens with zero attached hydrogens (tertiary/aromatic N) is 11. The molecule has 0 atom stereocenters. The van der Waals surface area contributed by atoms with Gasteiger partial charge in [-0.2, -0.15) is 43.9 Å². The molecule has 0 spiro atoms. The number of phenols is 2. The van der Waals surface area contributed by atoms with Gasteiger partial charge in [0.05, 0.1) is 56.7 Å². The van der Waals surface area contributed by atoms with Gasteiger partial charge in [-0.25, -0.2) is 10.1 Å². The van der Waals surface area contributed by atoms with Gasteiger partial charge in [0.25, 0.3) is 10.1 Å². The highest BCUT2D eigenvalue weighted by Crippen LogP contribution is 2.48. The van der Waals surface area contributed by atoms with Gasteiger partial charge in [-0.3, -0.25) is 4.55 Å². The van der Waals surface area contributed by atoms with Gasteiger partial charge < -0.3 is 21.1 Å². The topological polar surface area (TPSA) is 326 Å². The predicted molar refractivity (Wildman–Crippen MR) is 253 cm³/mol. The Kier molecular flexibility index (Phi) is 13.3. The van der Waals surface area contributed by atoms with Crippen molar-refractivity contribution in [3.8, 4) is 17.2 Å². The van der Waals surface area contributed by atoms with E-state index in [0.717, 1.165) is 11.1 Å². The van der Waals surface area contributed by atoms with E-state index >= 15 is 0 Å². The molecule has 8 rings (SSSR count). The lowest BCUT2D eigenvalue weighted by molar-refractivity contribution is -0.432. The molecule has 0 aliphatic carbocycles. The van der Waals surface area contributed by atoms with Crippen LogP contribution in [0.1, 0.15) is 32.6 Å². The minimum Gasteiger partial charge on any atom is -0.507 e. The zero-order valence-electron chi connectivity index (χ0n) is 36.4. The molecule has 0 saturated heterocycles. The van der Waals surface area contributed by atoms with Gasteiger partial charge in [-0.05, 0) is 153 Å². The number of hydrogen-bond donors (Lipinski definition) is 6. The molecule has 24 heteroatoms. The van der Waals surface area contributed by atoms with E-state index in [1.807, 2.05) is 26.0 Å². The highest BCUT2D eigenvalue weighted by atomic mass is 32.2. The van der Waals surface area contributed by atoms with Gasteiger partial charge in [0.1, 0.15) is 38.6 Å². The largest absolute Gasteiger partial charge is 0.507 e. The van der Waals surface area contributed by atoms with Crippen molar-refractivity contribution in [2.45, 2.75) is 37.5 Å². The average molecular weight is 969 g/mol. The van der Waals surface area contributed by atoms with Crippen LogP contribution < -0.4 is 5.73 Å². The van der Waals surface area contributed by atoms with Gasteiger partial charge in [0.15, 0.2) is 5.75 Å². The maximum absolute atomic E-state index is 12.7. The molecular formula is C45H36N12O10S2. The van der Waals surface area contributed by atoms with Crippen molar-refractivity contribution in [3.63, 3.8) is 0 Å². The first kappa shape index (κ1) is 47.1. The lowest BCUT2D eigenvalue weighted by Crippen LogP contribution is -2.02. The number of benzene rings is 7. The van der Waals surface area contributed by atoms with Crippen molar-refractivity contribution in [2.75, 3.05) is 5.73 Å². The second-order valence-electron chi connectivity index (χ2n) is 15.2. The molecule has 0 radical (unpaired) electrons. The molecule has 0 fully saturated rings. The summed E-state index contributed by atoms with van der Waals surface area (Å²) < 4.78 is 40.4. The third kappa shape index (κ3) is 10.3. The molecule has 0 unspecified atom stereocenters. The van der Waals surface area contributed by atoms with Crippen LogP contribution in [0, 0.1) is 27.7 Å². The number of carbonyl (C=O) groups is 1. The monoisotopic (exact) mass is 968 g/mol. The Bertz CT molecular complexity index is 3580. The molecule has 22 nitrogen and oxygen atoms in total. The maximum Gasteiger partial charge on any atom is 0.339 e. The second-order valence-corrected chi connectivity index (χ2v) is 17.3. The van der Waals surface area contributed by atoms with Crippen LogP contribution in [0.25, 0.3) is 27.5 Å². The van der Waals surface area contributed by atoms with E-state index in [1.54, 1.807) is 68.4 Å². The highest BCUT2D eigenvalue weighted by Gasteiger charge is 2.25. The fourth-order valence-electron chi connectivity index (χ4n) is 6.97. The molecule has 0 amide bonds. The Morgan fingerprint density at radius 1 is 0.638 bits per heavy atom. The van der Waals surface area contributed by atoms with Crippen LogP contribution >= 0.6 is 12.0 Å². The Morgan fingerprint density at radius 2 is 1.25 bits per heavy atom. The maximum atomic E-state index is 12.7. The summed E-state index contributed by atoms with van der Waals surface area (Å²) in [5.41, 5.74) is 12.7. The number of carboxylic acid groups (broad SMARTS) is 1. The molecular weight excluding hydrogens is 933 g/mol. The van der Waals surface area contributed by atoms with Crippen LogP contribution in [0.4, 0.5) is 51.2 Å². The van der Waals surface area contributed by atoms with Crippen LogP contribution in [-0.4, -0.2) is 54.5 Å². The number of phenolic OH excluding ortho intramolecular Hbond substituents is 1. The zero-order chi connectivity index (χ0) is 49.1. The zero-order valence-corrected chi connectivity index (χ0v) is 38.0. The smallest absolute Gasteiger partial charge is 0.339 e. The number of nitrogens with two attached hydrogens (primary N) is 1. The number of aromatic carboxylic acids is 1. The van der Waals surface area contributed by atoms with E-state index in [2.05, 4.69) is 60.5 Å². The van der Waals surface area contributed by atoms with Gasteiger partial charge >= 0.3 is 5.97 Å². The third-order valence-electron chi connectivity index (χ3n) is 10.3. The van der Waals surface area contributed by atoms with Gasteiger partial charge in [0, 0.05) is 16.5 Å². The molecule has 0 aliphatic rings. The first-order chi connectivity index (χ1) is 33.0. The minimum absolute atomic E-state index is 0.0455. The van der Waals surface area contributed by atoms with E-state index in [9.17, 15) is 33.1 Å². The van der Waals surface area contributed by atoms with Crippen LogP contribution in [0.3, 0.4) is 0 Å². The van der Waals surface area contributed by atoms with Crippen LogP contribution in [-0.2, 0) is 19.5 Å². The van der Waals surface area contributed by atoms with Crippen molar-refractivity contribution in [3.05, 3.63) is 131 Å². The number of nitrogen functional groups attached to an aromatic ring is 1. The number of azo groups is 4. The lowest BCUT2D eigenvalue weighted by atomic mass is 10.1. The van der Waals surface area contributed by atoms with Gasteiger partial charge in [-0.15, -0.1) is 24.8 Å². The molecule has 0 aliphatic heterocycles. The summed E-state index contributed by atoms with van der Waals surface area (Å²) in [7, 11) is -4.98. The summed E-state index contributed by atoms with van der Waals surface area (Å²) in [4.78, 5) is 12.0. The predicted octanol–water partition coefficient (Wildman–Crippen LogP) is 12.8. The normalized spacial score (nSPS) is 12.3. The van der Waals surface area contributed by atoms with Crippen molar-refractivity contribution in [1.29, 1.82) is 0 Å². The van der Waals surface area contributed by atoms with E-state index < -0.39 is 26.7 Å². The Balaban J connectivity index is 1.02. The number of hydrogen-bond acceptors (Lipinski definition) is 20. The quantitative estimate of drug-likeness (QED) is 0.0147. The van der Waals surface area contributed by atoms with E-state index in [1.165, 1.54) is 41.2 Å². The Hall–Kier alpha value is -8.39. The summed E-state index contributed by atoms with van der Waals surface area (Å²) in [6.45, 7) is 7.31. The summed E-state index contributed by atoms with van der Waals surface area (Å²) in [5.74, 6) is -2.19. The number of fused-ring (bicyclic) bond motifs is 2. The minimum atomic E-state index is -4.98. The fraction of sp³-hybridized carbons (Fsp3) is 0.0889. The summed E-state index contributed by atoms with van der Waals surface area (Å²) in [6, 6.07) is 26.4. The van der Waals surface area contributed by atoms with Crippen molar-refractivity contribution in [2.24, 2.45) is 40.9 Å². The highest BCUT2D eigenvalue weighted by molar-refractivity contribution is 7.94. The first-order valence-corrected chi connectivity index (χ1v) is 22.3. The molecule has 348 valence electrons. The van der Waals surface area contributed by atoms with Gasteiger partial charge in [-0.1, -0.05) is 5.04 Å². The lowest BCUT2D eigenvalue weighted by Gasteiger charge is -2.12. The molecule has 1 aromatic heterocycles. The van der Waals surface area contributed by atoms with Crippen LogP contribution in [0.5, 0.6) is 11.5 Å². The van der Waals surface area contributed by atoms with Crippen LogP contribution in [0.15, 0.2) is 154 Å². The van der Waals surface area contributed by atoms with Crippen LogP contribution in [0.2, 0.25) is 0 Å². The molecule has 0 bridgehead atoms. The van der Waals surface area contributed by atoms with Crippen molar-refractivity contribution in [1.82, 2.24) is 15.0 Å². The van der Waals surface area contributed by atoms with E-state index in [0.29, 0.717) is 79.7 Å². The molecule has 0 saturated carbocycles. The standard InChI is InChI=1S/C45H36N12O10S2/c1-22-18-37(52-54-42-40(68-67-66-62)21-32-31(43(42)59)11-13-35(44(32)69(63,64)65)50-47-27-7-5-26(46)6-8-27)23(2)17-36(22)51-49-29-15-24(3)41(25(4)16-29)53-48-28-9-12-34-38(19-28)56-57(55-34)30-10-14-39(58)33(20-30)45(60)61/h5-21,58-59,62H,46H2,1-4H3,(H,60,61)(H,63,64,65). The number of rotatable bonds is 14. The number of aromatic nitrogens is 3.